The molecule has 0 amide bonds. The highest BCUT2D eigenvalue weighted by Gasteiger charge is 2.15. The number of methoxy groups -OCH3 is 1. The summed E-state index contributed by atoms with van der Waals surface area (Å²) in [5, 5.41) is 3.40. The van der Waals surface area contributed by atoms with Crippen LogP contribution in [-0.4, -0.2) is 21.5 Å². The second-order valence-corrected chi connectivity index (χ2v) is 7.26. The van der Waals surface area contributed by atoms with Gasteiger partial charge >= 0.3 is 0 Å². The van der Waals surface area contributed by atoms with E-state index in [9.17, 15) is 4.79 Å². The molecule has 27 heavy (non-hydrogen) atoms. The van der Waals surface area contributed by atoms with Gasteiger partial charge in [0.2, 0.25) is 0 Å². The Kier molecular flexibility index (Phi) is 3.48. The molecule has 3 heterocycles. The fourth-order valence-electron chi connectivity index (χ4n) is 3.33. The van der Waals surface area contributed by atoms with Gasteiger partial charge in [-0.15, -0.1) is 11.3 Å². The Morgan fingerprint density at radius 2 is 1.89 bits per heavy atom. The average molecular weight is 373 g/mol. The van der Waals surface area contributed by atoms with E-state index >= 15 is 0 Å². The number of ether oxygens (including phenoxy) is 1. The Balaban J connectivity index is 1.84. The lowest BCUT2D eigenvalue weighted by molar-refractivity contribution is 0.415. The van der Waals surface area contributed by atoms with Crippen LogP contribution in [0.15, 0.2) is 58.8 Å². The lowest BCUT2D eigenvalue weighted by Crippen LogP contribution is -2.15. The average Bonchev–Trinajstić information content (AvgIpc) is 3.12. The van der Waals surface area contributed by atoms with Crippen molar-refractivity contribution < 1.29 is 4.74 Å². The highest BCUT2D eigenvalue weighted by atomic mass is 32.1. The second-order valence-electron chi connectivity index (χ2n) is 6.43. The highest BCUT2D eigenvalue weighted by molar-refractivity contribution is 7.15. The molecule has 0 fully saturated rings. The van der Waals surface area contributed by atoms with Gasteiger partial charge in [0, 0.05) is 17.0 Å². The topological polar surface area (TPSA) is 56.5 Å². The molecule has 0 spiro atoms. The molecule has 2 aromatic carbocycles. The highest BCUT2D eigenvalue weighted by Crippen LogP contribution is 2.28. The van der Waals surface area contributed by atoms with Crippen LogP contribution in [0.2, 0.25) is 0 Å². The van der Waals surface area contributed by atoms with E-state index in [0.717, 1.165) is 33.5 Å². The van der Waals surface area contributed by atoms with Gasteiger partial charge in [-0.1, -0.05) is 11.6 Å². The summed E-state index contributed by atoms with van der Waals surface area (Å²) in [6.45, 7) is 2.02. The first-order chi connectivity index (χ1) is 13.2. The maximum Gasteiger partial charge on any atom is 0.268 e. The van der Waals surface area contributed by atoms with Crippen LogP contribution in [0.4, 0.5) is 0 Å². The van der Waals surface area contributed by atoms with Crippen LogP contribution in [0.5, 0.6) is 5.75 Å². The van der Waals surface area contributed by atoms with Gasteiger partial charge in [0.15, 0.2) is 4.96 Å². The molecule has 0 unspecified atom stereocenters. The van der Waals surface area contributed by atoms with Gasteiger partial charge in [-0.25, -0.2) is 4.98 Å². The van der Waals surface area contributed by atoms with Gasteiger partial charge in [0.25, 0.3) is 5.56 Å². The molecule has 0 radical (unpaired) electrons. The maximum atomic E-state index is 13.3. The molecule has 5 aromatic rings. The quantitative estimate of drug-likeness (QED) is 0.429. The van der Waals surface area contributed by atoms with Crippen LogP contribution in [0.1, 0.15) is 5.56 Å². The summed E-state index contributed by atoms with van der Waals surface area (Å²) in [4.78, 5) is 23.2. The standard InChI is InChI=1S/C21H15N3O2S/c1-12-3-8-17-15(9-12)19-16(10-22-17)20(25)24-18(11-27-21(24)23-19)13-4-6-14(26-2)7-5-13/h3-11H,1-2H3. The molecule has 0 saturated carbocycles. The number of aryl methyl sites for hydroxylation is 1. The Morgan fingerprint density at radius 1 is 1.07 bits per heavy atom. The zero-order valence-electron chi connectivity index (χ0n) is 14.8. The SMILES string of the molecule is COc1ccc(-c2csc3nc4c(cnc5ccc(C)cc54)c(=O)n23)cc1. The summed E-state index contributed by atoms with van der Waals surface area (Å²) < 4.78 is 6.88. The molecule has 0 saturated heterocycles. The minimum Gasteiger partial charge on any atom is -0.497 e. The molecule has 3 aromatic heterocycles. The fraction of sp³-hybridized carbons (Fsp3) is 0.0952. The summed E-state index contributed by atoms with van der Waals surface area (Å²) in [6.07, 6.45) is 1.63. The molecule has 5 nitrogen and oxygen atoms in total. The Hall–Kier alpha value is -3.25. The van der Waals surface area contributed by atoms with Crippen molar-refractivity contribution in [3.63, 3.8) is 0 Å². The van der Waals surface area contributed by atoms with Gasteiger partial charge < -0.3 is 4.74 Å². The molecule has 0 N–H and O–H groups in total. The number of benzene rings is 2. The number of hydrogen-bond acceptors (Lipinski definition) is 5. The van der Waals surface area contributed by atoms with Gasteiger partial charge in [-0.3, -0.25) is 14.2 Å². The summed E-state index contributed by atoms with van der Waals surface area (Å²) in [5.41, 5.74) is 4.33. The van der Waals surface area contributed by atoms with Crippen molar-refractivity contribution in [3.8, 4) is 17.0 Å². The van der Waals surface area contributed by atoms with Crippen LogP contribution in [0.25, 0.3) is 38.0 Å². The van der Waals surface area contributed by atoms with E-state index in [1.165, 1.54) is 11.3 Å². The van der Waals surface area contributed by atoms with Crippen molar-refractivity contribution >= 4 is 38.1 Å². The van der Waals surface area contributed by atoms with Crippen LogP contribution >= 0.6 is 11.3 Å². The lowest BCUT2D eigenvalue weighted by Gasteiger charge is -2.06. The van der Waals surface area contributed by atoms with Crippen molar-refractivity contribution in [2.75, 3.05) is 7.11 Å². The fourth-order valence-corrected chi connectivity index (χ4v) is 4.22. The Labute approximate surface area is 158 Å². The Bertz CT molecular complexity index is 1380. The maximum absolute atomic E-state index is 13.3. The van der Waals surface area contributed by atoms with Crippen molar-refractivity contribution in [2.45, 2.75) is 6.92 Å². The van der Waals surface area contributed by atoms with Crippen molar-refractivity contribution in [2.24, 2.45) is 0 Å². The van der Waals surface area contributed by atoms with Gasteiger partial charge in [-0.05, 0) is 48.9 Å². The molecule has 0 aliphatic rings. The van der Waals surface area contributed by atoms with Crippen LogP contribution < -0.4 is 10.3 Å². The number of aromatic nitrogens is 3. The third-order valence-corrected chi connectivity index (χ3v) is 5.56. The number of hydrogen-bond donors (Lipinski definition) is 0. The molecule has 5 rings (SSSR count). The third kappa shape index (κ3) is 2.41. The normalized spacial score (nSPS) is 11.5. The molecule has 132 valence electrons. The number of nitrogens with zero attached hydrogens (tertiary/aromatic N) is 3. The van der Waals surface area contributed by atoms with E-state index in [1.54, 1.807) is 17.7 Å². The van der Waals surface area contributed by atoms with Crippen molar-refractivity contribution in [1.82, 2.24) is 14.4 Å². The van der Waals surface area contributed by atoms with E-state index in [1.807, 2.05) is 54.8 Å². The third-order valence-electron chi connectivity index (χ3n) is 4.73. The summed E-state index contributed by atoms with van der Waals surface area (Å²) in [7, 11) is 1.63. The largest absolute Gasteiger partial charge is 0.497 e. The van der Waals surface area contributed by atoms with E-state index in [2.05, 4.69) is 4.98 Å². The zero-order chi connectivity index (χ0) is 18.5. The number of fused-ring (bicyclic) bond motifs is 4. The molecule has 0 aliphatic carbocycles. The monoisotopic (exact) mass is 373 g/mol. The second kappa shape index (κ2) is 5.89. The van der Waals surface area contributed by atoms with Gasteiger partial charge in [0.1, 0.15) is 5.75 Å². The lowest BCUT2D eigenvalue weighted by atomic mass is 10.1. The predicted molar refractivity (Wildman–Crippen MR) is 109 cm³/mol. The molecule has 6 heteroatoms. The first kappa shape index (κ1) is 16.0. The van der Waals surface area contributed by atoms with Gasteiger partial charge in [0.05, 0.1) is 29.2 Å². The summed E-state index contributed by atoms with van der Waals surface area (Å²) in [5.74, 6) is 0.778. The summed E-state index contributed by atoms with van der Waals surface area (Å²) in [6, 6.07) is 13.7. The van der Waals surface area contributed by atoms with E-state index in [-0.39, 0.29) is 5.56 Å². The number of pyridine rings is 1. The molecular weight excluding hydrogens is 358 g/mol. The minimum absolute atomic E-state index is 0.0991. The van der Waals surface area contributed by atoms with Gasteiger partial charge in [-0.2, -0.15) is 0 Å². The smallest absolute Gasteiger partial charge is 0.268 e. The Morgan fingerprint density at radius 3 is 2.67 bits per heavy atom. The van der Waals surface area contributed by atoms with Crippen LogP contribution in [-0.2, 0) is 0 Å². The number of thiazole rings is 1. The first-order valence-corrected chi connectivity index (χ1v) is 9.37. The molecule has 0 atom stereocenters. The van der Waals surface area contributed by atoms with Crippen LogP contribution in [0.3, 0.4) is 0 Å². The minimum atomic E-state index is -0.0991. The van der Waals surface area contributed by atoms with E-state index in [4.69, 9.17) is 9.72 Å². The zero-order valence-corrected chi connectivity index (χ0v) is 15.6. The number of rotatable bonds is 2. The predicted octanol–water partition coefficient (Wildman–Crippen LogP) is 4.44. The molecular formula is C21H15N3O2S. The van der Waals surface area contributed by atoms with Crippen molar-refractivity contribution in [1.29, 1.82) is 0 Å². The van der Waals surface area contributed by atoms with Crippen LogP contribution in [0, 0.1) is 6.92 Å². The van der Waals surface area contributed by atoms with E-state index in [0.29, 0.717) is 15.9 Å². The van der Waals surface area contributed by atoms with E-state index < -0.39 is 0 Å². The molecule has 0 bridgehead atoms. The van der Waals surface area contributed by atoms with Crippen molar-refractivity contribution in [3.05, 3.63) is 70.0 Å². The molecule has 0 aliphatic heterocycles. The summed E-state index contributed by atoms with van der Waals surface area (Å²) >= 11 is 1.46. The first-order valence-electron chi connectivity index (χ1n) is 8.49.